The van der Waals surface area contributed by atoms with Crippen molar-refractivity contribution in [3.8, 4) is 11.1 Å². The van der Waals surface area contributed by atoms with E-state index in [1.165, 1.54) is 21.6 Å². The summed E-state index contributed by atoms with van der Waals surface area (Å²) < 4.78 is 0. The van der Waals surface area contributed by atoms with Gasteiger partial charge in [-0.25, -0.2) is 0 Å². The predicted octanol–water partition coefficient (Wildman–Crippen LogP) is 5.77. The van der Waals surface area contributed by atoms with E-state index in [1.54, 1.807) is 11.8 Å². The summed E-state index contributed by atoms with van der Waals surface area (Å²) in [6, 6.07) is 25.3. The molecule has 0 saturated carbocycles. The van der Waals surface area contributed by atoms with E-state index in [0.717, 1.165) is 11.1 Å². The maximum Gasteiger partial charge on any atom is 0.244 e. The summed E-state index contributed by atoms with van der Waals surface area (Å²) in [5.41, 5.74) is 12.2. The van der Waals surface area contributed by atoms with Crippen LogP contribution >= 0.6 is 11.8 Å². The van der Waals surface area contributed by atoms with Crippen LogP contribution in [-0.4, -0.2) is 5.91 Å². The number of rotatable bonds is 3. The third-order valence-electron chi connectivity index (χ3n) is 4.89. The molecule has 1 heterocycles. The predicted molar refractivity (Wildman–Crippen MR) is 113 cm³/mol. The van der Waals surface area contributed by atoms with Gasteiger partial charge in [-0.15, -0.1) is 11.8 Å². The molecule has 3 aromatic rings. The van der Waals surface area contributed by atoms with Gasteiger partial charge in [-0.3, -0.25) is 4.79 Å². The van der Waals surface area contributed by atoms with Crippen LogP contribution in [0, 0.1) is 6.92 Å². The molecule has 1 amide bonds. The van der Waals surface area contributed by atoms with Crippen molar-refractivity contribution in [1.29, 1.82) is 0 Å². The monoisotopic (exact) mass is 371 g/mol. The van der Waals surface area contributed by atoms with E-state index >= 15 is 0 Å². The molecule has 134 valence electrons. The number of primary amides is 1. The Bertz CT molecular complexity index is 1010. The van der Waals surface area contributed by atoms with Crippen LogP contribution in [0.5, 0.6) is 0 Å². The molecule has 1 atom stereocenters. The number of aryl methyl sites for hydroxylation is 1. The van der Waals surface area contributed by atoms with Gasteiger partial charge in [0.25, 0.3) is 0 Å². The van der Waals surface area contributed by atoms with E-state index in [9.17, 15) is 4.79 Å². The van der Waals surface area contributed by atoms with Crippen LogP contribution in [0.3, 0.4) is 0 Å². The molecule has 0 aromatic heterocycles. The summed E-state index contributed by atoms with van der Waals surface area (Å²) in [7, 11) is 0. The van der Waals surface area contributed by atoms with Gasteiger partial charge in [0.1, 0.15) is 0 Å². The molecule has 3 heteroatoms. The van der Waals surface area contributed by atoms with E-state index < -0.39 is 0 Å². The van der Waals surface area contributed by atoms with Gasteiger partial charge in [0.2, 0.25) is 5.91 Å². The number of amides is 1. The summed E-state index contributed by atoms with van der Waals surface area (Å²) in [5, 5.41) is 0.177. The van der Waals surface area contributed by atoms with Crippen molar-refractivity contribution in [2.75, 3.05) is 0 Å². The van der Waals surface area contributed by atoms with Crippen LogP contribution in [0.4, 0.5) is 0 Å². The standard InChI is InChI=1S/C24H21NOS/c1-16-7-9-17(10-8-16)19-11-12-22-20(13-19)14-21(24(25)26)15-23(27-22)18-5-3-2-4-6-18/h2-14,23H,15H2,1H3,(H2,25,26). The molecule has 2 N–H and O–H groups in total. The highest BCUT2D eigenvalue weighted by molar-refractivity contribution is 7.99. The number of fused-ring (bicyclic) bond motifs is 1. The Morgan fingerprint density at radius 1 is 0.963 bits per heavy atom. The topological polar surface area (TPSA) is 43.1 Å². The molecule has 2 nitrogen and oxygen atoms in total. The second-order valence-electron chi connectivity index (χ2n) is 6.87. The molecule has 4 rings (SSSR count). The Morgan fingerprint density at radius 3 is 2.37 bits per heavy atom. The Morgan fingerprint density at radius 2 is 1.67 bits per heavy atom. The molecule has 0 bridgehead atoms. The highest BCUT2D eigenvalue weighted by atomic mass is 32.2. The van der Waals surface area contributed by atoms with Crippen LogP contribution < -0.4 is 5.73 Å². The third-order valence-corrected chi connectivity index (χ3v) is 6.24. The maximum absolute atomic E-state index is 12.0. The Balaban J connectivity index is 1.77. The SMILES string of the molecule is Cc1ccc(-c2ccc3c(c2)C=C(C(N)=O)CC(c2ccccc2)S3)cc1. The van der Waals surface area contributed by atoms with Gasteiger partial charge in [-0.2, -0.15) is 0 Å². The smallest absolute Gasteiger partial charge is 0.244 e. The van der Waals surface area contributed by atoms with Gasteiger partial charge in [-0.05, 0) is 53.8 Å². The first kappa shape index (κ1) is 17.6. The number of carbonyl (C=O) groups excluding carboxylic acids is 1. The minimum atomic E-state index is -0.342. The highest BCUT2D eigenvalue weighted by Gasteiger charge is 2.23. The lowest BCUT2D eigenvalue weighted by molar-refractivity contribution is -0.114. The van der Waals surface area contributed by atoms with E-state index in [4.69, 9.17) is 5.73 Å². The molecule has 3 aromatic carbocycles. The van der Waals surface area contributed by atoms with Crippen LogP contribution in [0.15, 0.2) is 83.3 Å². The second kappa shape index (κ2) is 7.45. The fraction of sp³-hybridized carbons (Fsp3) is 0.125. The zero-order valence-corrected chi connectivity index (χ0v) is 16.0. The largest absolute Gasteiger partial charge is 0.366 e. The Kier molecular flexibility index (Phi) is 4.87. The lowest BCUT2D eigenvalue weighted by Gasteiger charge is -2.16. The maximum atomic E-state index is 12.0. The van der Waals surface area contributed by atoms with Crippen LogP contribution in [0.1, 0.15) is 28.4 Å². The van der Waals surface area contributed by atoms with Crippen molar-refractivity contribution < 1.29 is 4.79 Å². The van der Waals surface area contributed by atoms with Crippen molar-refractivity contribution in [3.05, 3.63) is 95.1 Å². The quantitative estimate of drug-likeness (QED) is 0.635. The summed E-state index contributed by atoms with van der Waals surface area (Å²) in [5.74, 6) is -0.342. The lowest BCUT2D eigenvalue weighted by atomic mass is 9.99. The zero-order chi connectivity index (χ0) is 18.8. The van der Waals surface area contributed by atoms with E-state index in [1.807, 2.05) is 24.3 Å². The minimum absolute atomic E-state index is 0.177. The summed E-state index contributed by atoms with van der Waals surface area (Å²) >= 11 is 1.80. The first-order valence-corrected chi connectivity index (χ1v) is 9.91. The molecule has 0 saturated heterocycles. The van der Waals surface area contributed by atoms with E-state index in [2.05, 4.69) is 61.5 Å². The van der Waals surface area contributed by atoms with E-state index in [-0.39, 0.29) is 11.2 Å². The molecule has 0 radical (unpaired) electrons. The molecule has 1 aliphatic rings. The average molecular weight is 372 g/mol. The molecule has 1 aliphatic heterocycles. The van der Waals surface area contributed by atoms with Crippen molar-refractivity contribution in [3.63, 3.8) is 0 Å². The lowest BCUT2D eigenvalue weighted by Crippen LogP contribution is -2.14. The van der Waals surface area contributed by atoms with Crippen molar-refractivity contribution in [2.24, 2.45) is 5.73 Å². The first-order valence-electron chi connectivity index (χ1n) is 9.03. The number of benzene rings is 3. The molecular formula is C24H21NOS. The molecule has 1 unspecified atom stereocenters. The molecule has 27 heavy (non-hydrogen) atoms. The van der Waals surface area contributed by atoms with Gasteiger partial charge in [0, 0.05) is 15.7 Å². The van der Waals surface area contributed by atoms with Crippen LogP contribution in [0.25, 0.3) is 17.2 Å². The normalized spacial score (nSPS) is 16.2. The number of nitrogens with two attached hydrogens (primary N) is 1. The van der Waals surface area contributed by atoms with Crippen molar-refractivity contribution in [1.82, 2.24) is 0 Å². The second-order valence-corrected chi connectivity index (χ2v) is 8.12. The van der Waals surface area contributed by atoms with Crippen LogP contribution in [0.2, 0.25) is 0 Å². The fourth-order valence-corrected chi connectivity index (χ4v) is 4.62. The highest BCUT2D eigenvalue weighted by Crippen LogP contribution is 2.45. The van der Waals surface area contributed by atoms with Gasteiger partial charge in [0.05, 0.1) is 0 Å². The number of carbonyl (C=O) groups is 1. The molecule has 0 fully saturated rings. The Hall–Kier alpha value is -2.78. The van der Waals surface area contributed by atoms with Gasteiger partial charge in [-0.1, -0.05) is 66.2 Å². The van der Waals surface area contributed by atoms with Crippen molar-refractivity contribution in [2.45, 2.75) is 23.5 Å². The molecule has 0 aliphatic carbocycles. The Labute approximate surface area is 164 Å². The van der Waals surface area contributed by atoms with E-state index in [0.29, 0.717) is 12.0 Å². The number of thioether (sulfide) groups is 1. The number of hydrogen-bond acceptors (Lipinski definition) is 2. The molecular weight excluding hydrogens is 350 g/mol. The van der Waals surface area contributed by atoms with Crippen LogP contribution in [-0.2, 0) is 4.79 Å². The van der Waals surface area contributed by atoms with Crippen molar-refractivity contribution >= 4 is 23.7 Å². The zero-order valence-electron chi connectivity index (χ0n) is 15.2. The third kappa shape index (κ3) is 3.83. The summed E-state index contributed by atoms with van der Waals surface area (Å²) in [6.45, 7) is 2.09. The van der Waals surface area contributed by atoms with Gasteiger partial charge >= 0.3 is 0 Å². The first-order chi connectivity index (χ1) is 13.1. The van der Waals surface area contributed by atoms with Gasteiger partial charge in [0.15, 0.2) is 0 Å². The minimum Gasteiger partial charge on any atom is -0.366 e. The van der Waals surface area contributed by atoms with Gasteiger partial charge < -0.3 is 5.73 Å². The molecule has 0 spiro atoms. The number of hydrogen-bond donors (Lipinski definition) is 1. The summed E-state index contributed by atoms with van der Waals surface area (Å²) in [4.78, 5) is 13.2. The fourth-order valence-electron chi connectivity index (χ4n) is 3.36. The average Bonchev–Trinajstić information content (AvgIpc) is 2.88. The summed E-state index contributed by atoms with van der Waals surface area (Å²) in [6.07, 6.45) is 2.60.